The molecule has 1 amide bonds. The van der Waals surface area contributed by atoms with Crippen LogP contribution in [0.1, 0.15) is 15.9 Å². The smallest absolute Gasteiger partial charge is 0.257 e. The number of hydrogen-bond acceptors (Lipinski definition) is 4. The SMILES string of the molecule is Cc1cccc(N2CCN(c3ccc(C(=O)Nc4ccccc4F)cn3)CC2)c1. The van der Waals surface area contributed by atoms with Crippen LogP contribution in [-0.4, -0.2) is 37.1 Å². The molecule has 5 nitrogen and oxygen atoms in total. The Bertz CT molecular complexity index is 998. The number of pyridine rings is 1. The first-order valence-electron chi connectivity index (χ1n) is 9.69. The number of aromatic nitrogens is 1. The minimum absolute atomic E-state index is 0.161. The highest BCUT2D eigenvalue weighted by Gasteiger charge is 2.19. The van der Waals surface area contributed by atoms with Crippen LogP contribution < -0.4 is 15.1 Å². The number of carbonyl (C=O) groups excluding carboxylic acids is 1. The second-order valence-electron chi connectivity index (χ2n) is 7.15. The van der Waals surface area contributed by atoms with Gasteiger partial charge < -0.3 is 15.1 Å². The van der Waals surface area contributed by atoms with Crippen LogP contribution in [0.15, 0.2) is 66.9 Å². The van der Waals surface area contributed by atoms with Crippen molar-refractivity contribution in [2.45, 2.75) is 6.92 Å². The number of carbonyl (C=O) groups is 1. The van der Waals surface area contributed by atoms with E-state index >= 15 is 0 Å². The summed E-state index contributed by atoms with van der Waals surface area (Å²) in [6, 6.07) is 18.2. The average Bonchev–Trinajstić information content (AvgIpc) is 2.75. The maximum Gasteiger partial charge on any atom is 0.257 e. The van der Waals surface area contributed by atoms with Gasteiger partial charge in [-0.05, 0) is 48.9 Å². The van der Waals surface area contributed by atoms with Gasteiger partial charge in [-0.3, -0.25) is 4.79 Å². The molecule has 0 atom stereocenters. The third-order valence-electron chi connectivity index (χ3n) is 5.10. The molecule has 1 aliphatic rings. The molecule has 0 unspecified atom stereocenters. The summed E-state index contributed by atoms with van der Waals surface area (Å²) in [4.78, 5) is 21.4. The molecular formula is C23H23FN4O. The normalized spacial score (nSPS) is 14.0. The molecule has 2 heterocycles. The lowest BCUT2D eigenvalue weighted by Crippen LogP contribution is -2.46. The van der Waals surface area contributed by atoms with Crippen LogP contribution in [0.25, 0.3) is 0 Å². The zero-order valence-corrected chi connectivity index (χ0v) is 16.3. The maximum atomic E-state index is 13.7. The minimum Gasteiger partial charge on any atom is -0.368 e. The lowest BCUT2D eigenvalue weighted by molar-refractivity contribution is 0.102. The standard InChI is InChI=1S/C23H23FN4O/c1-17-5-4-6-19(15-17)27-11-13-28(14-12-27)22-10-9-18(16-25-22)23(29)26-21-8-3-2-7-20(21)24/h2-10,15-16H,11-14H2,1H3,(H,26,29). The molecule has 1 fully saturated rings. The number of nitrogens with zero attached hydrogens (tertiary/aromatic N) is 3. The molecule has 1 saturated heterocycles. The van der Waals surface area contributed by atoms with Crippen molar-refractivity contribution in [3.05, 3.63) is 83.8 Å². The summed E-state index contributed by atoms with van der Waals surface area (Å²) in [5.41, 5.74) is 3.07. The number of anilines is 3. The van der Waals surface area contributed by atoms with E-state index in [9.17, 15) is 9.18 Å². The molecule has 0 saturated carbocycles. The first-order chi connectivity index (χ1) is 14.1. The summed E-state index contributed by atoms with van der Waals surface area (Å²) in [6.45, 7) is 5.66. The van der Waals surface area contributed by atoms with Crippen molar-refractivity contribution >= 4 is 23.1 Å². The van der Waals surface area contributed by atoms with Crippen LogP contribution >= 0.6 is 0 Å². The van der Waals surface area contributed by atoms with E-state index in [4.69, 9.17) is 0 Å². The Morgan fingerprint density at radius 3 is 2.41 bits per heavy atom. The van der Waals surface area contributed by atoms with Gasteiger partial charge in [0.25, 0.3) is 5.91 Å². The van der Waals surface area contributed by atoms with E-state index < -0.39 is 5.82 Å². The Hall–Kier alpha value is -3.41. The highest BCUT2D eigenvalue weighted by Crippen LogP contribution is 2.21. The maximum absolute atomic E-state index is 13.7. The van der Waals surface area contributed by atoms with Crippen LogP contribution in [0, 0.1) is 12.7 Å². The molecule has 3 aromatic rings. The molecule has 2 aromatic carbocycles. The summed E-state index contributed by atoms with van der Waals surface area (Å²) in [6.07, 6.45) is 1.54. The minimum atomic E-state index is -0.461. The van der Waals surface area contributed by atoms with Crippen LogP contribution in [0.2, 0.25) is 0 Å². The zero-order chi connectivity index (χ0) is 20.2. The van der Waals surface area contributed by atoms with Gasteiger partial charge in [-0.15, -0.1) is 0 Å². The first kappa shape index (κ1) is 18.9. The van der Waals surface area contributed by atoms with E-state index in [-0.39, 0.29) is 11.6 Å². The molecule has 1 N–H and O–H groups in total. The van der Waals surface area contributed by atoms with Crippen molar-refractivity contribution in [1.82, 2.24) is 4.98 Å². The second-order valence-corrected chi connectivity index (χ2v) is 7.15. The van der Waals surface area contributed by atoms with Crippen molar-refractivity contribution in [2.24, 2.45) is 0 Å². The van der Waals surface area contributed by atoms with Gasteiger partial charge >= 0.3 is 0 Å². The topological polar surface area (TPSA) is 48.5 Å². The number of amides is 1. The Labute approximate surface area is 169 Å². The molecule has 0 aliphatic carbocycles. The highest BCUT2D eigenvalue weighted by molar-refractivity contribution is 6.04. The Morgan fingerprint density at radius 2 is 1.72 bits per heavy atom. The summed E-state index contributed by atoms with van der Waals surface area (Å²) in [7, 11) is 0. The average molecular weight is 390 g/mol. The predicted octanol–water partition coefficient (Wildman–Crippen LogP) is 4.11. The molecule has 0 radical (unpaired) electrons. The van der Waals surface area contributed by atoms with E-state index in [0.717, 1.165) is 32.0 Å². The van der Waals surface area contributed by atoms with E-state index in [1.54, 1.807) is 24.4 Å². The van der Waals surface area contributed by atoms with Gasteiger partial charge in [0.2, 0.25) is 0 Å². The fourth-order valence-electron chi connectivity index (χ4n) is 3.48. The fraction of sp³-hybridized carbons (Fsp3) is 0.217. The van der Waals surface area contributed by atoms with Gasteiger partial charge in [0.1, 0.15) is 11.6 Å². The van der Waals surface area contributed by atoms with E-state index in [2.05, 4.69) is 51.3 Å². The second kappa shape index (κ2) is 8.31. The van der Waals surface area contributed by atoms with Crippen molar-refractivity contribution in [1.29, 1.82) is 0 Å². The molecule has 1 aliphatic heterocycles. The zero-order valence-electron chi connectivity index (χ0n) is 16.3. The summed E-state index contributed by atoms with van der Waals surface area (Å²) >= 11 is 0. The number of nitrogens with one attached hydrogen (secondary N) is 1. The number of para-hydroxylation sites is 1. The van der Waals surface area contributed by atoms with Crippen molar-refractivity contribution in [3.63, 3.8) is 0 Å². The summed E-state index contributed by atoms with van der Waals surface area (Å²) in [5.74, 6) is 0.00617. The monoisotopic (exact) mass is 390 g/mol. The Morgan fingerprint density at radius 1 is 0.966 bits per heavy atom. The molecule has 0 bridgehead atoms. The number of piperazine rings is 1. The van der Waals surface area contributed by atoms with Gasteiger partial charge in [-0.1, -0.05) is 24.3 Å². The molecule has 0 spiro atoms. The van der Waals surface area contributed by atoms with Crippen LogP contribution in [0.4, 0.5) is 21.6 Å². The van der Waals surface area contributed by atoms with Crippen LogP contribution in [-0.2, 0) is 0 Å². The van der Waals surface area contributed by atoms with Gasteiger partial charge in [-0.25, -0.2) is 9.37 Å². The van der Waals surface area contributed by atoms with Gasteiger partial charge in [0, 0.05) is 38.1 Å². The number of halogens is 1. The molecular weight excluding hydrogens is 367 g/mol. The quantitative estimate of drug-likeness (QED) is 0.728. The molecule has 4 rings (SSSR count). The van der Waals surface area contributed by atoms with Crippen molar-refractivity contribution < 1.29 is 9.18 Å². The van der Waals surface area contributed by atoms with Crippen LogP contribution in [0.5, 0.6) is 0 Å². The number of hydrogen-bond donors (Lipinski definition) is 1. The predicted molar refractivity (Wildman–Crippen MR) is 114 cm³/mol. The van der Waals surface area contributed by atoms with Crippen molar-refractivity contribution in [3.8, 4) is 0 Å². The molecule has 6 heteroatoms. The lowest BCUT2D eigenvalue weighted by atomic mass is 10.2. The van der Waals surface area contributed by atoms with Crippen molar-refractivity contribution in [2.75, 3.05) is 41.3 Å². The first-order valence-corrected chi connectivity index (χ1v) is 9.69. The van der Waals surface area contributed by atoms with Gasteiger partial charge in [-0.2, -0.15) is 0 Å². The number of benzene rings is 2. The van der Waals surface area contributed by atoms with Gasteiger partial charge in [0.15, 0.2) is 0 Å². The Kier molecular flexibility index (Phi) is 5.42. The third-order valence-corrected chi connectivity index (χ3v) is 5.10. The van der Waals surface area contributed by atoms with E-state index in [1.807, 2.05) is 6.07 Å². The fourth-order valence-corrected chi connectivity index (χ4v) is 3.48. The molecule has 29 heavy (non-hydrogen) atoms. The van der Waals surface area contributed by atoms with E-state index in [0.29, 0.717) is 5.56 Å². The molecule has 1 aromatic heterocycles. The third kappa shape index (κ3) is 4.37. The van der Waals surface area contributed by atoms with Gasteiger partial charge in [0.05, 0.1) is 11.3 Å². The largest absolute Gasteiger partial charge is 0.368 e. The highest BCUT2D eigenvalue weighted by atomic mass is 19.1. The van der Waals surface area contributed by atoms with E-state index in [1.165, 1.54) is 23.4 Å². The lowest BCUT2D eigenvalue weighted by Gasteiger charge is -2.36. The number of aryl methyl sites for hydroxylation is 1. The van der Waals surface area contributed by atoms with Crippen LogP contribution in [0.3, 0.4) is 0 Å². The molecule has 148 valence electrons. The number of rotatable bonds is 4. The summed E-state index contributed by atoms with van der Waals surface area (Å²) in [5, 5.41) is 2.58. The summed E-state index contributed by atoms with van der Waals surface area (Å²) < 4.78 is 13.7. The Balaban J connectivity index is 1.37.